The molecule has 3 nitrogen and oxygen atoms in total. The Morgan fingerprint density at radius 2 is 2.00 bits per heavy atom. The van der Waals surface area contributed by atoms with Crippen LogP contribution < -0.4 is 5.32 Å². The van der Waals surface area contributed by atoms with Crippen LogP contribution in [0, 0.1) is 11.3 Å². The van der Waals surface area contributed by atoms with E-state index in [0.717, 1.165) is 25.4 Å². The van der Waals surface area contributed by atoms with Gasteiger partial charge in [0.2, 0.25) is 0 Å². The molecule has 0 aliphatic rings. The Bertz CT molecular complexity index is 376. The second-order valence-corrected chi connectivity index (χ2v) is 7.27. The number of hydrogen-bond acceptors (Lipinski definition) is 2. The van der Waals surface area contributed by atoms with Crippen molar-refractivity contribution in [3.05, 3.63) is 18.0 Å². The molecule has 0 saturated heterocycles. The first-order valence-electron chi connectivity index (χ1n) is 8.08. The summed E-state index contributed by atoms with van der Waals surface area (Å²) in [6, 6.07) is 0.562. The standard InChI is InChI=1S/C17H33N3/c1-7-18-16(9-14(3)11-17(4,5)6)10-15-12-19-20(8-2)13-15/h12-14,16,18H,7-11H2,1-6H3. The molecule has 2 atom stereocenters. The van der Waals surface area contributed by atoms with Gasteiger partial charge < -0.3 is 5.32 Å². The van der Waals surface area contributed by atoms with Gasteiger partial charge >= 0.3 is 0 Å². The van der Waals surface area contributed by atoms with Crippen LogP contribution in [0.3, 0.4) is 0 Å². The van der Waals surface area contributed by atoms with Crippen molar-refractivity contribution in [2.45, 2.75) is 73.4 Å². The molecule has 1 N–H and O–H groups in total. The third kappa shape index (κ3) is 6.56. The molecule has 0 spiro atoms. The molecule has 0 amide bonds. The van der Waals surface area contributed by atoms with Gasteiger partial charge in [-0.05, 0) is 49.6 Å². The molecule has 0 fully saturated rings. The SMILES string of the molecule is CCNC(Cc1cnn(CC)c1)CC(C)CC(C)(C)C. The lowest BCUT2D eigenvalue weighted by atomic mass is 9.82. The van der Waals surface area contributed by atoms with Crippen LogP contribution in [-0.4, -0.2) is 22.4 Å². The fourth-order valence-electron chi connectivity index (χ4n) is 3.11. The molecule has 1 aromatic heterocycles. The van der Waals surface area contributed by atoms with Crippen molar-refractivity contribution in [3.63, 3.8) is 0 Å². The molecule has 20 heavy (non-hydrogen) atoms. The van der Waals surface area contributed by atoms with Gasteiger partial charge in [-0.3, -0.25) is 4.68 Å². The van der Waals surface area contributed by atoms with Crippen molar-refractivity contribution in [2.75, 3.05) is 6.54 Å². The maximum atomic E-state index is 4.38. The van der Waals surface area contributed by atoms with Crippen molar-refractivity contribution >= 4 is 0 Å². The zero-order valence-corrected chi connectivity index (χ0v) is 14.2. The molecule has 2 unspecified atom stereocenters. The van der Waals surface area contributed by atoms with E-state index in [1.165, 1.54) is 18.4 Å². The fraction of sp³-hybridized carbons (Fsp3) is 0.824. The lowest BCUT2D eigenvalue weighted by Gasteiger charge is -2.27. The molecule has 1 rings (SSSR count). The molecule has 0 radical (unpaired) electrons. The second kappa shape index (κ2) is 7.82. The summed E-state index contributed by atoms with van der Waals surface area (Å²) < 4.78 is 2.01. The Kier molecular flexibility index (Phi) is 6.74. The lowest BCUT2D eigenvalue weighted by molar-refractivity contribution is 0.275. The Hall–Kier alpha value is -0.830. The average Bonchev–Trinajstić information content (AvgIpc) is 2.74. The Morgan fingerprint density at radius 3 is 2.50 bits per heavy atom. The van der Waals surface area contributed by atoms with E-state index in [1.54, 1.807) is 0 Å². The number of aromatic nitrogens is 2. The van der Waals surface area contributed by atoms with E-state index in [2.05, 4.69) is 58.2 Å². The van der Waals surface area contributed by atoms with Crippen molar-refractivity contribution in [2.24, 2.45) is 11.3 Å². The van der Waals surface area contributed by atoms with Gasteiger partial charge in [0.15, 0.2) is 0 Å². The van der Waals surface area contributed by atoms with Crippen molar-refractivity contribution < 1.29 is 0 Å². The summed E-state index contributed by atoms with van der Waals surface area (Å²) in [5, 5.41) is 8.01. The van der Waals surface area contributed by atoms with Crippen molar-refractivity contribution in [1.82, 2.24) is 15.1 Å². The second-order valence-electron chi connectivity index (χ2n) is 7.27. The highest BCUT2D eigenvalue weighted by Gasteiger charge is 2.19. The van der Waals surface area contributed by atoms with Crippen LogP contribution in [0.4, 0.5) is 0 Å². The summed E-state index contributed by atoms with van der Waals surface area (Å²) in [6.45, 7) is 15.7. The lowest BCUT2D eigenvalue weighted by Crippen LogP contribution is -2.33. The number of rotatable bonds is 8. The smallest absolute Gasteiger partial charge is 0.0522 e. The molecule has 3 heteroatoms. The topological polar surface area (TPSA) is 29.9 Å². The summed E-state index contributed by atoms with van der Waals surface area (Å²) >= 11 is 0. The predicted octanol–water partition coefficient (Wildman–Crippen LogP) is 3.89. The molecule has 0 aliphatic carbocycles. The molecule has 0 saturated carbocycles. The van der Waals surface area contributed by atoms with E-state index < -0.39 is 0 Å². The summed E-state index contributed by atoms with van der Waals surface area (Å²) in [5.74, 6) is 0.750. The van der Waals surface area contributed by atoms with Gasteiger partial charge in [-0.1, -0.05) is 34.6 Å². The minimum absolute atomic E-state index is 0.420. The van der Waals surface area contributed by atoms with Crippen LogP contribution in [0.15, 0.2) is 12.4 Å². The molecular weight excluding hydrogens is 246 g/mol. The summed E-state index contributed by atoms with van der Waals surface area (Å²) in [7, 11) is 0. The van der Waals surface area contributed by atoms with Gasteiger partial charge in [0.1, 0.15) is 0 Å². The highest BCUT2D eigenvalue weighted by atomic mass is 15.3. The van der Waals surface area contributed by atoms with Crippen LogP contribution in [0.2, 0.25) is 0 Å². The molecular formula is C17H33N3. The molecule has 0 bridgehead atoms. The fourth-order valence-corrected chi connectivity index (χ4v) is 3.11. The monoisotopic (exact) mass is 279 g/mol. The Balaban J connectivity index is 2.55. The largest absolute Gasteiger partial charge is 0.314 e. The number of likely N-dealkylation sites (N-methyl/N-ethyl adjacent to an activating group) is 1. The van der Waals surface area contributed by atoms with E-state index in [1.807, 2.05) is 10.9 Å². The van der Waals surface area contributed by atoms with Gasteiger partial charge in [0.25, 0.3) is 0 Å². The van der Waals surface area contributed by atoms with E-state index in [-0.39, 0.29) is 0 Å². The van der Waals surface area contributed by atoms with Gasteiger partial charge in [-0.25, -0.2) is 0 Å². The van der Waals surface area contributed by atoms with Crippen LogP contribution >= 0.6 is 0 Å². The van der Waals surface area contributed by atoms with Gasteiger partial charge in [-0.15, -0.1) is 0 Å². The molecule has 116 valence electrons. The van der Waals surface area contributed by atoms with E-state index in [0.29, 0.717) is 11.5 Å². The maximum absolute atomic E-state index is 4.38. The predicted molar refractivity (Wildman–Crippen MR) is 86.9 cm³/mol. The molecule has 1 aromatic rings. The van der Waals surface area contributed by atoms with Gasteiger partial charge in [-0.2, -0.15) is 5.10 Å². The molecule has 0 aromatic carbocycles. The highest BCUT2D eigenvalue weighted by Crippen LogP contribution is 2.27. The number of nitrogens with zero attached hydrogens (tertiary/aromatic N) is 2. The van der Waals surface area contributed by atoms with Crippen LogP contribution in [0.5, 0.6) is 0 Å². The van der Waals surface area contributed by atoms with E-state index in [9.17, 15) is 0 Å². The number of nitrogens with one attached hydrogen (secondary N) is 1. The van der Waals surface area contributed by atoms with Gasteiger partial charge in [0, 0.05) is 18.8 Å². The number of hydrogen-bond donors (Lipinski definition) is 1. The first-order valence-corrected chi connectivity index (χ1v) is 8.08. The van der Waals surface area contributed by atoms with Gasteiger partial charge in [0.05, 0.1) is 6.20 Å². The van der Waals surface area contributed by atoms with Crippen LogP contribution in [0.25, 0.3) is 0 Å². The molecule has 0 aliphatic heterocycles. The van der Waals surface area contributed by atoms with Crippen molar-refractivity contribution in [3.8, 4) is 0 Å². The zero-order chi connectivity index (χ0) is 15.2. The summed E-state index contributed by atoms with van der Waals surface area (Å²) in [6.07, 6.45) is 7.80. The Morgan fingerprint density at radius 1 is 1.30 bits per heavy atom. The first kappa shape index (κ1) is 17.2. The third-order valence-electron chi connectivity index (χ3n) is 3.63. The van der Waals surface area contributed by atoms with Crippen LogP contribution in [-0.2, 0) is 13.0 Å². The minimum Gasteiger partial charge on any atom is -0.314 e. The minimum atomic E-state index is 0.420. The summed E-state index contributed by atoms with van der Waals surface area (Å²) in [4.78, 5) is 0. The third-order valence-corrected chi connectivity index (χ3v) is 3.63. The normalized spacial score (nSPS) is 15.3. The highest BCUT2D eigenvalue weighted by molar-refractivity contribution is 5.06. The number of aryl methyl sites for hydroxylation is 1. The van der Waals surface area contributed by atoms with E-state index in [4.69, 9.17) is 0 Å². The van der Waals surface area contributed by atoms with Crippen LogP contribution in [0.1, 0.15) is 59.9 Å². The molecule has 1 heterocycles. The Labute approximate surface area is 125 Å². The average molecular weight is 279 g/mol. The summed E-state index contributed by atoms with van der Waals surface area (Å²) in [5.41, 5.74) is 1.77. The first-order chi connectivity index (χ1) is 9.34. The van der Waals surface area contributed by atoms with E-state index >= 15 is 0 Å². The maximum Gasteiger partial charge on any atom is 0.0522 e. The zero-order valence-electron chi connectivity index (χ0n) is 14.2. The van der Waals surface area contributed by atoms with Crippen molar-refractivity contribution in [1.29, 1.82) is 0 Å². The quantitative estimate of drug-likeness (QED) is 0.782.